The first-order valence-corrected chi connectivity index (χ1v) is 29.0. The molecule has 0 aromatic rings. The van der Waals surface area contributed by atoms with E-state index in [-0.39, 0.29) is 38.6 Å². The molecule has 9 nitrogen and oxygen atoms in total. The van der Waals surface area contributed by atoms with E-state index in [0.29, 0.717) is 6.42 Å². The number of carbonyl (C=O) groups excluding carboxylic acids is 2. The second-order valence-electron chi connectivity index (χ2n) is 18.8. The summed E-state index contributed by atoms with van der Waals surface area (Å²) in [7, 11) is -4.38. The predicted octanol–water partition coefficient (Wildman–Crippen LogP) is 16.7. The summed E-state index contributed by atoms with van der Waals surface area (Å²) in [5.74, 6) is -0.804. The van der Waals surface area contributed by atoms with E-state index in [4.69, 9.17) is 24.3 Å². The summed E-state index contributed by atoms with van der Waals surface area (Å²) in [5, 5.41) is 0. The van der Waals surface area contributed by atoms with Gasteiger partial charge in [0.25, 0.3) is 0 Å². The van der Waals surface area contributed by atoms with Crippen molar-refractivity contribution in [2.45, 2.75) is 302 Å². The topological polar surface area (TPSA) is 134 Å². The zero-order valence-electron chi connectivity index (χ0n) is 41.8. The van der Waals surface area contributed by atoms with Crippen LogP contribution in [0.2, 0.25) is 0 Å². The number of unbranched alkanes of at least 4 members (excludes halogenated alkanes) is 40. The summed E-state index contributed by atoms with van der Waals surface area (Å²) < 4.78 is 33.0. The van der Waals surface area contributed by atoms with Crippen molar-refractivity contribution < 1.29 is 37.6 Å². The van der Waals surface area contributed by atoms with Crippen LogP contribution in [0.15, 0.2) is 0 Å². The summed E-state index contributed by atoms with van der Waals surface area (Å²) in [6, 6.07) is 0. The molecule has 0 saturated heterocycles. The van der Waals surface area contributed by atoms with E-state index in [1.807, 2.05) is 0 Å². The van der Waals surface area contributed by atoms with Gasteiger partial charge in [-0.3, -0.25) is 18.6 Å². The average Bonchev–Trinajstić information content (AvgIpc) is 3.27. The molecule has 0 aliphatic carbocycles. The minimum Gasteiger partial charge on any atom is -0.462 e. The van der Waals surface area contributed by atoms with E-state index < -0.39 is 26.5 Å². The van der Waals surface area contributed by atoms with Gasteiger partial charge in [-0.1, -0.05) is 271 Å². The lowest BCUT2D eigenvalue weighted by Gasteiger charge is -2.19. The number of hydrogen-bond donors (Lipinski definition) is 2. The zero-order valence-corrected chi connectivity index (χ0v) is 42.7. The number of carbonyl (C=O) groups is 2. The van der Waals surface area contributed by atoms with Gasteiger partial charge in [0, 0.05) is 19.4 Å². The van der Waals surface area contributed by atoms with Gasteiger partial charge in [0.2, 0.25) is 0 Å². The number of phosphoric acid groups is 1. The van der Waals surface area contributed by atoms with E-state index in [9.17, 15) is 19.0 Å². The second-order valence-corrected chi connectivity index (χ2v) is 20.3. The van der Waals surface area contributed by atoms with Crippen LogP contribution in [-0.4, -0.2) is 49.3 Å². The smallest absolute Gasteiger partial charge is 0.462 e. The van der Waals surface area contributed by atoms with Crippen molar-refractivity contribution in [2.75, 3.05) is 26.4 Å². The number of ether oxygens (including phenoxy) is 2. The number of nitrogens with two attached hydrogens (primary N) is 1. The lowest BCUT2D eigenvalue weighted by atomic mass is 10.0. The highest BCUT2D eigenvalue weighted by molar-refractivity contribution is 7.47. The summed E-state index contributed by atoms with van der Waals surface area (Å²) in [5.41, 5.74) is 5.38. The molecule has 0 rings (SSSR count). The van der Waals surface area contributed by atoms with E-state index in [2.05, 4.69) is 13.8 Å². The molecule has 0 fully saturated rings. The Morgan fingerprint density at radius 2 is 0.683 bits per heavy atom. The molecule has 2 unspecified atom stereocenters. The lowest BCUT2D eigenvalue weighted by molar-refractivity contribution is -0.161. The molecule has 3 N–H and O–H groups in total. The van der Waals surface area contributed by atoms with Crippen LogP contribution in [0.1, 0.15) is 296 Å². The molecule has 0 aromatic heterocycles. The number of hydrogen-bond acceptors (Lipinski definition) is 8. The molecule has 0 aliphatic heterocycles. The zero-order chi connectivity index (χ0) is 46.0. The highest BCUT2D eigenvalue weighted by atomic mass is 31.2. The summed E-state index contributed by atoms with van der Waals surface area (Å²) >= 11 is 0. The van der Waals surface area contributed by atoms with Gasteiger partial charge in [-0.05, 0) is 12.8 Å². The molecule has 0 aliphatic rings. The highest BCUT2D eigenvalue weighted by Gasteiger charge is 2.26. The summed E-state index contributed by atoms with van der Waals surface area (Å²) in [4.78, 5) is 35.1. The maximum Gasteiger partial charge on any atom is 0.472 e. The van der Waals surface area contributed by atoms with Crippen LogP contribution in [0.25, 0.3) is 0 Å². The molecule has 0 heterocycles. The van der Waals surface area contributed by atoms with E-state index >= 15 is 0 Å². The van der Waals surface area contributed by atoms with Crippen molar-refractivity contribution in [2.24, 2.45) is 5.73 Å². The monoisotopic (exact) mass is 916 g/mol. The van der Waals surface area contributed by atoms with Gasteiger partial charge in [-0.2, -0.15) is 0 Å². The Kier molecular flexibility index (Phi) is 49.6. The van der Waals surface area contributed by atoms with Crippen molar-refractivity contribution in [1.29, 1.82) is 0 Å². The molecule has 10 heteroatoms. The molecule has 63 heavy (non-hydrogen) atoms. The molecular weight excluding hydrogens is 810 g/mol. The van der Waals surface area contributed by atoms with Crippen LogP contribution < -0.4 is 5.73 Å². The average molecular weight is 916 g/mol. The largest absolute Gasteiger partial charge is 0.472 e. The Morgan fingerprint density at radius 1 is 0.413 bits per heavy atom. The van der Waals surface area contributed by atoms with E-state index in [1.165, 1.54) is 231 Å². The van der Waals surface area contributed by atoms with E-state index in [1.54, 1.807) is 0 Å². The van der Waals surface area contributed by atoms with Crippen LogP contribution in [0, 0.1) is 0 Å². The Bertz CT molecular complexity index is 1000. The Labute approximate surface area is 390 Å². The van der Waals surface area contributed by atoms with Crippen molar-refractivity contribution in [1.82, 2.24) is 0 Å². The standard InChI is InChI=1S/C53H106NO8P/c1-3-5-7-9-11-13-15-17-19-21-23-25-27-29-31-33-35-37-39-41-43-45-52(55)59-49-51(50-61-63(57,58)60-48-47-54)62-53(56)46-44-42-40-38-36-34-32-30-28-26-24-22-20-18-16-14-12-10-8-6-4-2/h51H,3-50,54H2,1-2H3,(H,57,58). The molecule has 0 bridgehead atoms. The molecule has 0 aromatic carbocycles. The summed E-state index contributed by atoms with van der Waals surface area (Å²) in [6.45, 7) is 3.82. The van der Waals surface area contributed by atoms with Crippen molar-refractivity contribution >= 4 is 19.8 Å². The fourth-order valence-corrected chi connectivity index (χ4v) is 9.17. The molecule has 0 spiro atoms. The first-order chi connectivity index (χ1) is 30.8. The SMILES string of the molecule is CCCCCCCCCCCCCCCCCCCCCCCC(=O)OCC(COP(=O)(O)OCCN)OC(=O)CCCCCCCCCCCCCCCCCCCCCCC. The number of phosphoric ester groups is 1. The van der Waals surface area contributed by atoms with Gasteiger partial charge in [-0.25, -0.2) is 4.57 Å². The van der Waals surface area contributed by atoms with Crippen LogP contribution in [0.3, 0.4) is 0 Å². The van der Waals surface area contributed by atoms with Gasteiger partial charge in [0.15, 0.2) is 6.10 Å². The third-order valence-electron chi connectivity index (χ3n) is 12.5. The summed E-state index contributed by atoms with van der Waals surface area (Å²) in [6.07, 6.45) is 54.3. The molecule has 0 saturated carbocycles. The Balaban J connectivity index is 3.94. The highest BCUT2D eigenvalue weighted by Crippen LogP contribution is 2.43. The van der Waals surface area contributed by atoms with Gasteiger partial charge < -0.3 is 20.1 Å². The lowest BCUT2D eigenvalue weighted by Crippen LogP contribution is -2.29. The van der Waals surface area contributed by atoms with Crippen molar-refractivity contribution in [3.63, 3.8) is 0 Å². The van der Waals surface area contributed by atoms with Gasteiger partial charge in [0.05, 0.1) is 13.2 Å². The molecular formula is C53H106NO8P. The van der Waals surface area contributed by atoms with Crippen LogP contribution >= 0.6 is 7.82 Å². The number of esters is 2. The third-order valence-corrected chi connectivity index (χ3v) is 13.5. The molecule has 0 amide bonds. The minimum atomic E-state index is -4.38. The third kappa shape index (κ3) is 50.3. The predicted molar refractivity (Wildman–Crippen MR) is 266 cm³/mol. The van der Waals surface area contributed by atoms with Gasteiger partial charge in [0.1, 0.15) is 6.61 Å². The fourth-order valence-electron chi connectivity index (χ4n) is 8.40. The number of rotatable bonds is 53. The Morgan fingerprint density at radius 3 is 0.968 bits per heavy atom. The van der Waals surface area contributed by atoms with Crippen LogP contribution in [0.4, 0.5) is 0 Å². The first-order valence-electron chi connectivity index (χ1n) is 27.5. The maximum absolute atomic E-state index is 12.7. The fraction of sp³-hybridized carbons (Fsp3) is 0.962. The quantitative estimate of drug-likeness (QED) is 0.0347. The molecule has 0 radical (unpaired) electrons. The second kappa shape index (κ2) is 50.4. The normalized spacial score (nSPS) is 13.0. The molecule has 2 atom stereocenters. The van der Waals surface area contributed by atoms with Gasteiger partial charge in [-0.15, -0.1) is 0 Å². The first kappa shape index (κ1) is 62.0. The van der Waals surface area contributed by atoms with E-state index in [0.717, 1.165) is 32.1 Å². The molecule has 376 valence electrons. The van der Waals surface area contributed by atoms with Crippen molar-refractivity contribution in [3.05, 3.63) is 0 Å². The Hall–Kier alpha value is -0.990. The van der Waals surface area contributed by atoms with Gasteiger partial charge >= 0.3 is 19.8 Å². The van der Waals surface area contributed by atoms with Crippen LogP contribution in [0.5, 0.6) is 0 Å². The van der Waals surface area contributed by atoms with Crippen LogP contribution in [-0.2, 0) is 32.7 Å². The van der Waals surface area contributed by atoms with Crippen molar-refractivity contribution in [3.8, 4) is 0 Å². The minimum absolute atomic E-state index is 0.0585. The maximum atomic E-state index is 12.7.